The summed E-state index contributed by atoms with van der Waals surface area (Å²) in [7, 11) is 0. The van der Waals surface area contributed by atoms with Gasteiger partial charge in [0, 0.05) is 36.1 Å². The molecule has 1 atom stereocenters. The topological polar surface area (TPSA) is 88.3 Å². The first-order chi connectivity index (χ1) is 11.6. The fourth-order valence-electron chi connectivity index (χ4n) is 2.60. The second kappa shape index (κ2) is 6.64. The molecule has 3 rings (SSSR count). The van der Waals surface area contributed by atoms with Gasteiger partial charge >= 0.3 is 0 Å². The van der Waals surface area contributed by atoms with Gasteiger partial charge in [0.15, 0.2) is 0 Å². The number of nitro groups is 1. The minimum Gasteiger partial charge on any atom is -0.389 e. The summed E-state index contributed by atoms with van der Waals surface area (Å²) in [5, 5.41) is 25.2. The number of aromatic nitrogens is 1. The number of hydrogen-bond donors (Lipinski definition) is 2. The van der Waals surface area contributed by atoms with E-state index >= 15 is 0 Å². The van der Waals surface area contributed by atoms with Crippen LogP contribution in [0.15, 0.2) is 54.9 Å². The van der Waals surface area contributed by atoms with E-state index < -0.39 is 11.0 Å². The molecule has 0 saturated carbocycles. The number of non-ortho nitro benzene ring substituents is 1. The molecule has 2 N–H and O–H groups in total. The van der Waals surface area contributed by atoms with Gasteiger partial charge in [0.05, 0.1) is 16.4 Å². The molecule has 3 aromatic rings. The summed E-state index contributed by atoms with van der Waals surface area (Å²) in [4.78, 5) is 14.7. The highest BCUT2D eigenvalue weighted by molar-refractivity contribution is 5.99. The number of benzene rings is 2. The highest BCUT2D eigenvalue weighted by Crippen LogP contribution is 2.30. The SMILES string of the molecule is C[C@H](O)c1ccc(CNc2ccc([N+](=O)[O-])c3cnccc23)cc1. The van der Waals surface area contributed by atoms with E-state index in [-0.39, 0.29) is 5.69 Å². The van der Waals surface area contributed by atoms with Crippen LogP contribution >= 0.6 is 0 Å². The van der Waals surface area contributed by atoms with E-state index in [0.717, 1.165) is 22.2 Å². The Labute approximate surface area is 138 Å². The van der Waals surface area contributed by atoms with Crippen LogP contribution in [-0.2, 0) is 6.54 Å². The van der Waals surface area contributed by atoms with Crippen LogP contribution in [-0.4, -0.2) is 15.0 Å². The molecule has 0 bridgehead atoms. The summed E-state index contributed by atoms with van der Waals surface area (Å²) < 4.78 is 0. The molecule has 24 heavy (non-hydrogen) atoms. The Bertz CT molecular complexity index is 876. The average Bonchev–Trinajstić information content (AvgIpc) is 2.59. The van der Waals surface area contributed by atoms with Gasteiger partial charge in [0.1, 0.15) is 0 Å². The van der Waals surface area contributed by atoms with Crippen LogP contribution in [0.3, 0.4) is 0 Å². The Morgan fingerprint density at radius 3 is 2.58 bits per heavy atom. The van der Waals surface area contributed by atoms with Gasteiger partial charge in [-0.3, -0.25) is 15.1 Å². The Balaban J connectivity index is 1.85. The lowest BCUT2D eigenvalue weighted by molar-refractivity contribution is -0.383. The number of anilines is 1. The Kier molecular flexibility index (Phi) is 4.39. The van der Waals surface area contributed by atoms with Crippen molar-refractivity contribution in [2.75, 3.05) is 5.32 Å². The number of aliphatic hydroxyl groups is 1. The molecule has 0 aliphatic rings. The van der Waals surface area contributed by atoms with E-state index in [9.17, 15) is 15.2 Å². The first-order valence-electron chi connectivity index (χ1n) is 7.58. The van der Waals surface area contributed by atoms with Crippen LogP contribution in [0.4, 0.5) is 11.4 Å². The maximum Gasteiger partial charge on any atom is 0.278 e. The van der Waals surface area contributed by atoms with Gasteiger partial charge in [-0.05, 0) is 30.2 Å². The summed E-state index contributed by atoms with van der Waals surface area (Å²) in [5.41, 5.74) is 2.79. The monoisotopic (exact) mass is 323 g/mol. The molecule has 0 saturated heterocycles. The predicted octanol–water partition coefficient (Wildman–Crippen LogP) is 3.81. The molecule has 1 heterocycles. The summed E-state index contributed by atoms with van der Waals surface area (Å²) >= 11 is 0. The maximum absolute atomic E-state index is 11.1. The molecule has 0 spiro atoms. The lowest BCUT2D eigenvalue weighted by Crippen LogP contribution is -2.01. The van der Waals surface area contributed by atoms with Crippen LogP contribution in [0.2, 0.25) is 0 Å². The van der Waals surface area contributed by atoms with E-state index in [2.05, 4.69) is 10.3 Å². The molecule has 0 radical (unpaired) electrons. The first-order valence-corrected chi connectivity index (χ1v) is 7.58. The number of aliphatic hydroxyl groups excluding tert-OH is 1. The maximum atomic E-state index is 11.1. The van der Waals surface area contributed by atoms with Crippen LogP contribution in [0, 0.1) is 10.1 Å². The largest absolute Gasteiger partial charge is 0.389 e. The van der Waals surface area contributed by atoms with E-state index in [4.69, 9.17) is 0 Å². The Hall–Kier alpha value is -2.99. The van der Waals surface area contributed by atoms with Gasteiger partial charge in [-0.15, -0.1) is 0 Å². The normalized spacial score (nSPS) is 12.1. The molecule has 6 heteroatoms. The number of rotatable bonds is 5. The fraction of sp³-hybridized carbons (Fsp3) is 0.167. The van der Waals surface area contributed by atoms with Crippen molar-refractivity contribution in [1.82, 2.24) is 4.98 Å². The summed E-state index contributed by atoms with van der Waals surface area (Å²) in [5.74, 6) is 0. The van der Waals surface area contributed by atoms with Crippen molar-refractivity contribution in [3.05, 3.63) is 76.1 Å². The second-order valence-electron chi connectivity index (χ2n) is 5.58. The van der Waals surface area contributed by atoms with E-state index in [1.165, 1.54) is 12.3 Å². The van der Waals surface area contributed by atoms with Gasteiger partial charge in [0.2, 0.25) is 0 Å². The minimum absolute atomic E-state index is 0.0462. The average molecular weight is 323 g/mol. The molecule has 6 nitrogen and oxygen atoms in total. The predicted molar refractivity (Wildman–Crippen MR) is 92.8 cm³/mol. The van der Waals surface area contributed by atoms with Crippen LogP contribution in [0.25, 0.3) is 10.8 Å². The van der Waals surface area contributed by atoms with Crippen molar-refractivity contribution < 1.29 is 10.0 Å². The summed E-state index contributed by atoms with van der Waals surface area (Å²) in [6, 6.07) is 12.6. The van der Waals surface area contributed by atoms with Crippen molar-refractivity contribution in [2.45, 2.75) is 19.6 Å². The minimum atomic E-state index is -0.488. The standard InChI is InChI=1S/C18H17N3O3/c1-12(22)14-4-2-13(3-5-14)10-20-17-6-7-18(21(23)24)16-11-19-9-8-15(16)17/h2-9,11-12,20,22H,10H2,1H3/t12-/m0/s1. The number of fused-ring (bicyclic) bond motifs is 1. The Morgan fingerprint density at radius 1 is 1.17 bits per heavy atom. The number of nitrogens with one attached hydrogen (secondary N) is 1. The van der Waals surface area contributed by atoms with E-state index in [1.807, 2.05) is 24.3 Å². The molecular weight excluding hydrogens is 306 g/mol. The van der Waals surface area contributed by atoms with Crippen molar-refractivity contribution >= 4 is 22.1 Å². The molecule has 122 valence electrons. The molecule has 0 aliphatic heterocycles. The number of pyridine rings is 1. The molecule has 0 unspecified atom stereocenters. The quantitative estimate of drug-likeness (QED) is 0.550. The third kappa shape index (κ3) is 3.18. The smallest absolute Gasteiger partial charge is 0.278 e. The van der Waals surface area contributed by atoms with Crippen LogP contribution in [0.1, 0.15) is 24.2 Å². The number of nitrogens with zero attached hydrogens (tertiary/aromatic N) is 2. The van der Waals surface area contributed by atoms with Crippen molar-refractivity contribution in [3.63, 3.8) is 0 Å². The van der Waals surface area contributed by atoms with E-state index in [1.54, 1.807) is 25.3 Å². The third-order valence-electron chi connectivity index (χ3n) is 3.94. The van der Waals surface area contributed by atoms with Gasteiger partial charge in [-0.2, -0.15) is 0 Å². The van der Waals surface area contributed by atoms with E-state index in [0.29, 0.717) is 11.9 Å². The van der Waals surface area contributed by atoms with Gasteiger partial charge in [-0.1, -0.05) is 24.3 Å². The molecule has 1 aromatic heterocycles. The first kappa shape index (κ1) is 15.9. The lowest BCUT2D eigenvalue weighted by atomic mass is 10.1. The Morgan fingerprint density at radius 2 is 1.92 bits per heavy atom. The zero-order chi connectivity index (χ0) is 17.1. The zero-order valence-electron chi connectivity index (χ0n) is 13.1. The van der Waals surface area contributed by atoms with Gasteiger partial charge in [-0.25, -0.2) is 0 Å². The van der Waals surface area contributed by atoms with Crippen molar-refractivity contribution in [2.24, 2.45) is 0 Å². The van der Waals surface area contributed by atoms with Gasteiger partial charge in [0.25, 0.3) is 5.69 Å². The van der Waals surface area contributed by atoms with Crippen molar-refractivity contribution in [3.8, 4) is 0 Å². The molecular formula is C18H17N3O3. The second-order valence-corrected chi connectivity index (χ2v) is 5.58. The lowest BCUT2D eigenvalue weighted by Gasteiger charge is -2.11. The molecule has 0 aliphatic carbocycles. The third-order valence-corrected chi connectivity index (χ3v) is 3.94. The van der Waals surface area contributed by atoms with Crippen LogP contribution in [0.5, 0.6) is 0 Å². The van der Waals surface area contributed by atoms with Crippen molar-refractivity contribution in [1.29, 1.82) is 0 Å². The number of nitro benzene ring substituents is 1. The highest BCUT2D eigenvalue weighted by atomic mass is 16.6. The molecule has 0 fully saturated rings. The van der Waals surface area contributed by atoms with Crippen LogP contribution < -0.4 is 5.32 Å². The summed E-state index contributed by atoms with van der Waals surface area (Å²) in [6.45, 7) is 2.31. The highest BCUT2D eigenvalue weighted by Gasteiger charge is 2.14. The summed E-state index contributed by atoms with van der Waals surface area (Å²) in [6.07, 6.45) is 2.64. The zero-order valence-corrected chi connectivity index (χ0v) is 13.1. The number of hydrogen-bond acceptors (Lipinski definition) is 5. The molecule has 2 aromatic carbocycles. The fourth-order valence-corrected chi connectivity index (χ4v) is 2.60. The van der Waals surface area contributed by atoms with Gasteiger partial charge < -0.3 is 10.4 Å². The molecule has 0 amide bonds.